The van der Waals surface area contributed by atoms with Gasteiger partial charge in [0.05, 0.1) is 6.04 Å². The number of aryl methyl sites for hydroxylation is 1. The van der Waals surface area contributed by atoms with Gasteiger partial charge in [0.1, 0.15) is 0 Å². The summed E-state index contributed by atoms with van der Waals surface area (Å²) in [5.74, 6) is 5.95. The van der Waals surface area contributed by atoms with Gasteiger partial charge in [0.15, 0.2) is 0 Å². The van der Waals surface area contributed by atoms with Gasteiger partial charge in [0, 0.05) is 15.2 Å². The molecule has 1 atom stereocenters. The Morgan fingerprint density at radius 1 is 1.10 bits per heavy atom. The zero-order valence-electron chi connectivity index (χ0n) is 12.5. The van der Waals surface area contributed by atoms with Crippen LogP contribution in [0.3, 0.4) is 0 Å². The first-order chi connectivity index (χ1) is 9.67. The lowest BCUT2D eigenvalue weighted by molar-refractivity contribution is 0.280. The number of benzene rings is 1. The Labute approximate surface area is 126 Å². The number of hydrogen-bond acceptors (Lipinski definition) is 3. The van der Waals surface area contributed by atoms with Gasteiger partial charge >= 0.3 is 0 Å². The standard InChI is InChI=1S/C17H24N2S/c1-4-17(5-2,14-9-7-6-8-10-14)16(19-18)15-12-11-13(3)20-15/h6-12,16,19H,4-5,18H2,1-3H3. The number of hydrogen-bond donors (Lipinski definition) is 2. The highest BCUT2D eigenvalue weighted by molar-refractivity contribution is 7.12. The van der Waals surface area contributed by atoms with Gasteiger partial charge < -0.3 is 0 Å². The molecule has 20 heavy (non-hydrogen) atoms. The fraction of sp³-hybridized carbons (Fsp3) is 0.412. The molecular formula is C17H24N2S. The molecule has 0 aliphatic carbocycles. The minimum absolute atomic E-state index is 0.0350. The fourth-order valence-electron chi connectivity index (χ4n) is 3.13. The normalized spacial score (nSPS) is 13.4. The minimum Gasteiger partial charge on any atom is -0.271 e. The molecule has 0 spiro atoms. The van der Waals surface area contributed by atoms with E-state index in [2.05, 4.69) is 68.7 Å². The van der Waals surface area contributed by atoms with E-state index in [1.807, 2.05) is 11.3 Å². The van der Waals surface area contributed by atoms with Crippen LogP contribution in [0, 0.1) is 6.92 Å². The highest BCUT2D eigenvalue weighted by Crippen LogP contribution is 2.44. The Balaban J connectivity index is 2.50. The van der Waals surface area contributed by atoms with E-state index < -0.39 is 0 Å². The first-order valence-electron chi connectivity index (χ1n) is 7.26. The van der Waals surface area contributed by atoms with Crippen molar-refractivity contribution in [1.29, 1.82) is 0 Å². The van der Waals surface area contributed by atoms with Crippen LogP contribution in [0.25, 0.3) is 0 Å². The maximum Gasteiger partial charge on any atom is 0.0649 e. The smallest absolute Gasteiger partial charge is 0.0649 e. The molecular weight excluding hydrogens is 264 g/mol. The van der Waals surface area contributed by atoms with Crippen molar-refractivity contribution in [3.63, 3.8) is 0 Å². The molecule has 108 valence electrons. The third-order valence-electron chi connectivity index (χ3n) is 4.38. The summed E-state index contributed by atoms with van der Waals surface area (Å²) in [7, 11) is 0. The Morgan fingerprint density at radius 3 is 2.20 bits per heavy atom. The molecule has 3 heteroatoms. The van der Waals surface area contributed by atoms with Crippen molar-refractivity contribution >= 4 is 11.3 Å². The van der Waals surface area contributed by atoms with E-state index in [4.69, 9.17) is 5.84 Å². The second-order valence-corrected chi connectivity index (χ2v) is 6.60. The molecule has 0 fully saturated rings. The zero-order chi connectivity index (χ0) is 14.6. The third-order valence-corrected chi connectivity index (χ3v) is 5.44. The molecule has 2 aromatic rings. The van der Waals surface area contributed by atoms with Crippen molar-refractivity contribution in [2.24, 2.45) is 5.84 Å². The highest BCUT2D eigenvalue weighted by atomic mass is 32.1. The molecule has 0 radical (unpaired) electrons. The first kappa shape index (κ1) is 15.2. The topological polar surface area (TPSA) is 38.0 Å². The van der Waals surface area contributed by atoms with Crippen molar-refractivity contribution in [1.82, 2.24) is 5.43 Å². The second-order valence-electron chi connectivity index (χ2n) is 5.28. The molecule has 2 nitrogen and oxygen atoms in total. The van der Waals surface area contributed by atoms with Gasteiger partial charge in [-0.25, -0.2) is 0 Å². The summed E-state index contributed by atoms with van der Waals surface area (Å²) in [5.41, 5.74) is 4.48. The predicted octanol–water partition coefficient (Wildman–Crippen LogP) is 4.32. The van der Waals surface area contributed by atoms with Gasteiger partial charge in [-0.2, -0.15) is 0 Å². The summed E-state index contributed by atoms with van der Waals surface area (Å²) < 4.78 is 0. The zero-order valence-corrected chi connectivity index (χ0v) is 13.3. The summed E-state index contributed by atoms with van der Waals surface area (Å²) in [6.07, 6.45) is 2.11. The molecule has 0 saturated carbocycles. The van der Waals surface area contributed by atoms with E-state index in [0.717, 1.165) is 12.8 Å². The lowest BCUT2D eigenvalue weighted by Crippen LogP contribution is -2.43. The van der Waals surface area contributed by atoms with Crippen LogP contribution in [0.5, 0.6) is 0 Å². The van der Waals surface area contributed by atoms with Crippen LogP contribution in [0.1, 0.15) is 48.0 Å². The molecule has 0 aliphatic heterocycles. The van der Waals surface area contributed by atoms with Gasteiger partial charge in [-0.05, 0) is 37.5 Å². The van der Waals surface area contributed by atoms with Crippen LogP contribution >= 0.6 is 11.3 Å². The lowest BCUT2D eigenvalue weighted by atomic mass is 9.70. The molecule has 3 N–H and O–H groups in total. The van der Waals surface area contributed by atoms with E-state index in [1.54, 1.807) is 0 Å². The average molecular weight is 288 g/mol. The van der Waals surface area contributed by atoms with Crippen LogP contribution in [-0.2, 0) is 5.41 Å². The van der Waals surface area contributed by atoms with Gasteiger partial charge in [-0.3, -0.25) is 11.3 Å². The first-order valence-corrected chi connectivity index (χ1v) is 8.07. The van der Waals surface area contributed by atoms with Crippen LogP contribution in [0.15, 0.2) is 42.5 Å². The largest absolute Gasteiger partial charge is 0.271 e. The molecule has 2 rings (SSSR count). The van der Waals surface area contributed by atoms with Crippen molar-refractivity contribution in [3.05, 3.63) is 57.8 Å². The molecule has 0 saturated heterocycles. The summed E-state index contributed by atoms with van der Waals surface area (Å²) in [6.45, 7) is 6.65. The summed E-state index contributed by atoms with van der Waals surface area (Å²) in [5, 5.41) is 0. The second kappa shape index (κ2) is 6.53. The predicted molar refractivity (Wildman–Crippen MR) is 87.8 cm³/mol. The average Bonchev–Trinajstić information content (AvgIpc) is 2.92. The Morgan fingerprint density at radius 2 is 1.75 bits per heavy atom. The summed E-state index contributed by atoms with van der Waals surface area (Å²) in [4.78, 5) is 2.65. The quantitative estimate of drug-likeness (QED) is 0.613. The van der Waals surface area contributed by atoms with E-state index in [-0.39, 0.29) is 11.5 Å². The monoisotopic (exact) mass is 288 g/mol. The van der Waals surface area contributed by atoms with E-state index in [9.17, 15) is 0 Å². The molecule has 0 amide bonds. The van der Waals surface area contributed by atoms with E-state index >= 15 is 0 Å². The number of hydrazine groups is 1. The van der Waals surface area contributed by atoms with E-state index in [0.29, 0.717) is 0 Å². The lowest BCUT2D eigenvalue weighted by Gasteiger charge is -2.39. The van der Waals surface area contributed by atoms with Gasteiger partial charge in [-0.1, -0.05) is 44.2 Å². The Kier molecular flexibility index (Phi) is 4.97. The van der Waals surface area contributed by atoms with Crippen molar-refractivity contribution < 1.29 is 0 Å². The number of rotatable bonds is 6. The van der Waals surface area contributed by atoms with Gasteiger partial charge in [0.25, 0.3) is 0 Å². The van der Waals surface area contributed by atoms with Gasteiger partial charge in [0.2, 0.25) is 0 Å². The maximum absolute atomic E-state index is 5.95. The SMILES string of the molecule is CCC(CC)(c1ccccc1)C(NN)c1ccc(C)s1. The molecule has 1 heterocycles. The van der Waals surface area contributed by atoms with E-state index in [1.165, 1.54) is 15.3 Å². The van der Waals surface area contributed by atoms with Crippen LogP contribution in [0.4, 0.5) is 0 Å². The molecule has 1 aromatic carbocycles. The van der Waals surface area contributed by atoms with Crippen molar-refractivity contribution in [3.8, 4) is 0 Å². The maximum atomic E-state index is 5.95. The Bertz CT molecular complexity index is 529. The minimum atomic E-state index is 0.0350. The molecule has 1 aromatic heterocycles. The van der Waals surface area contributed by atoms with Crippen LogP contribution in [0.2, 0.25) is 0 Å². The third kappa shape index (κ3) is 2.66. The van der Waals surface area contributed by atoms with Crippen LogP contribution in [-0.4, -0.2) is 0 Å². The highest BCUT2D eigenvalue weighted by Gasteiger charge is 2.38. The molecule has 1 unspecified atom stereocenters. The number of thiophene rings is 1. The molecule has 0 bridgehead atoms. The fourth-order valence-corrected chi connectivity index (χ4v) is 4.18. The number of nitrogens with one attached hydrogen (secondary N) is 1. The molecule has 0 aliphatic rings. The Hall–Kier alpha value is -1.16. The van der Waals surface area contributed by atoms with Crippen LogP contribution < -0.4 is 11.3 Å². The summed E-state index contributed by atoms with van der Waals surface area (Å²) >= 11 is 1.83. The van der Waals surface area contributed by atoms with Crippen molar-refractivity contribution in [2.45, 2.75) is 45.1 Å². The summed E-state index contributed by atoms with van der Waals surface area (Å²) in [6, 6.07) is 15.3. The number of nitrogens with two attached hydrogens (primary N) is 1. The van der Waals surface area contributed by atoms with Crippen molar-refractivity contribution in [2.75, 3.05) is 0 Å². The van der Waals surface area contributed by atoms with Gasteiger partial charge in [-0.15, -0.1) is 11.3 Å².